The van der Waals surface area contributed by atoms with Gasteiger partial charge in [-0.25, -0.2) is 13.8 Å². The number of hydrogen-bond donors (Lipinski definition) is 0. The van der Waals surface area contributed by atoms with Crippen LogP contribution in [0.4, 0.5) is 8.78 Å². The van der Waals surface area contributed by atoms with E-state index < -0.39 is 17.7 Å². The van der Waals surface area contributed by atoms with Crippen LogP contribution in [0.15, 0.2) is 53.4 Å². The number of aromatic nitrogens is 3. The second-order valence-corrected chi connectivity index (χ2v) is 7.79. The highest BCUT2D eigenvalue weighted by molar-refractivity contribution is 5.68. The monoisotopic (exact) mass is 437 g/mol. The molecule has 0 fully saturated rings. The zero-order chi connectivity index (χ0) is 22.2. The molecule has 4 aromatic rings. The third-order valence-electron chi connectivity index (χ3n) is 5.56. The van der Waals surface area contributed by atoms with Crippen LogP contribution in [-0.2, 0) is 6.42 Å². The van der Waals surface area contributed by atoms with Crippen LogP contribution in [0.3, 0.4) is 0 Å². The van der Waals surface area contributed by atoms with Gasteiger partial charge in [-0.15, -0.1) is 0 Å². The summed E-state index contributed by atoms with van der Waals surface area (Å²) in [6.07, 6.45) is 5.48. The number of imidazole rings is 1. The van der Waals surface area contributed by atoms with Crippen LogP contribution in [0.2, 0.25) is 0 Å². The summed E-state index contributed by atoms with van der Waals surface area (Å²) in [5.41, 5.74) is 4.27. The lowest BCUT2D eigenvalue weighted by atomic mass is 9.92. The molecule has 2 heterocycles. The molecule has 0 saturated carbocycles. The molecule has 1 unspecified atom stereocenters. The van der Waals surface area contributed by atoms with Gasteiger partial charge in [0, 0.05) is 35.5 Å². The van der Waals surface area contributed by atoms with Gasteiger partial charge in [0.1, 0.15) is 28.8 Å². The highest BCUT2D eigenvalue weighted by Crippen LogP contribution is 2.40. The lowest BCUT2D eigenvalue weighted by Crippen LogP contribution is -2.14. The number of rotatable bonds is 5. The molecule has 0 bridgehead atoms. The fourth-order valence-corrected chi connectivity index (χ4v) is 4.10. The van der Waals surface area contributed by atoms with Gasteiger partial charge in [0.2, 0.25) is 0 Å². The van der Waals surface area contributed by atoms with E-state index in [1.54, 1.807) is 13.4 Å². The van der Waals surface area contributed by atoms with Crippen LogP contribution in [-0.4, -0.2) is 21.8 Å². The molecule has 0 saturated heterocycles. The number of methoxy groups -OCH3 is 1. The molecule has 0 amide bonds. The molecule has 0 radical (unpaired) electrons. The van der Waals surface area contributed by atoms with Crippen molar-refractivity contribution in [1.82, 2.24) is 14.7 Å². The first-order valence-corrected chi connectivity index (χ1v) is 10.3. The molecule has 0 spiro atoms. The molecular formula is C24H21F2N3O3. The van der Waals surface area contributed by atoms with E-state index in [1.165, 1.54) is 0 Å². The van der Waals surface area contributed by atoms with Crippen molar-refractivity contribution in [2.24, 2.45) is 0 Å². The maximum absolute atomic E-state index is 13.6. The van der Waals surface area contributed by atoms with Crippen LogP contribution in [0.25, 0.3) is 16.9 Å². The van der Waals surface area contributed by atoms with Gasteiger partial charge in [-0.2, -0.15) is 0 Å². The molecule has 5 rings (SSSR count). The van der Waals surface area contributed by atoms with Crippen molar-refractivity contribution in [2.45, 2.75) is 32.3 Å². The number of ether oxygens (including phenoxy) is 2. The maximum atomic E-state index is 13.6. The molecule has 164 valence electrons. The summed E-state index contributed by atoms with van der Waals surface area (Å²) in [5, 5.41) is 4.30. The molecule has 0 N–H and O–H groups in total. The SMILES string of the molecule is COc1cc(-c2noc3c2CCCC3Oc2cc(F)cc(F)c2)ccc1-n1cnc(C)c1. The van der Waals surface area contributed by atoms with Gasteiger partial charge >= 0.3 is 0 Å². The molecule has 8 heteroatoms. The van der Waals surface area contributed by atoms with Crippen LogP contribution in [0, 0.1) is 18.6 Å². The Morgan fingerprint density at radius 1 is 1.12 bits per heavy atom. The molecule has 2 aromatic carbocycles. The molecule has 6 nitrogen and oxygen atoms in total. The Bertz CT molecular complexity index is 1260. The molecule has 1 aliphatic rings. The van der Waals surface area contributed by atoms with Crippen molar-refractivity contribution in [1.29, 1.82) is 0 Å². The van der Waals surface area contributed by atoms with Gasteiger partial charge in [0.05, 0.1) is 24.8 Å². The minimum atomic E-state index is -0.686. The zero-order valence-corrected chi connectivity index (χ0v) is 17.6. The summed E-state index contributed by atoms with van der Waals surface area (Å²) in [6.45, 7) is 1.93. The molecule has 0 aliphatic heterocycles. The van der Waals surface area contributed by atoms with Crippen molar-refractivity contribution in [3.8, 4) is 28.4 Å². The third-order valence-corrected chi connectivity index (χ3v) is 5.56. The number of fused-ring (bicyclic) bond motifs is 1. The Balaban J connectivity index is 1.47. The van der Waals surface area contributed by atoms with Crippen molar-refractivity contribution in [3.63, 3.8) is 0 Å². The summed E-state index contributed by atoms with van der Waals surface area (Å²) in [4.78, 5) is 4.27. The van der Waals surface area contributed by atoms with E-state index in [2.05, 4.69) is 10.1 Å². The summed E-state index contributed by atoms with van der Waals surface area (Å²) < 4.78 is 46.2. The van der Waals surface area contributed by atoms with Crippen LogP contribution >= 0.6 is 0 Å². The molecular weight excluding hydrogens is 416 g/mol. The van der Waals surface area contributed by atoms with E-state index in [4.69, 9.17) is 14.0 Å². The minimum Gasteiger partial charge on any atom is -0.495 e. The van der Waals surface area contributed by atoms with E-state index >= 15 is 0 Å². The van der Waals surface area contributed by atoms with E-state index in [1.807, 2.05) is 35.9 Å². The summed E-state index contributed by atoms with van der Waals surface area (Å²) in [6, 6.07) is 8.95. The largest absolute Gasteiger partial charge is 0.495 e. The summed E-state index contributed by atoms with van der Waals surface area (Å²) in [7, 11) is 1.62. The van der Waals surface area contributed by atoms with Gasteiger partial charge in [0.25, 0.3) is 0 Å². The fourth-order valence-electron chi connectivity index (χ4n) is 4.10. The van der Waals surface area contributed by atoms with E-state index in [9.17, 15) is 8.78 Å². The lowest BCUT2D eigenvalue weighted by molar-refractivity contribution is 0.143. The molecule has 2 aromatic heterocycles. The topological polar surface area (TPSA) is 62.3 Å². The van der Waals surface area contributed by atoms with Crippen molar-refractivity contribution in [3.05, 3.63) is 77.6 Å². The van der Waals surface area contributed by atoms with Gasteiger partial charge in [-0.3, -0.25) is 0 Å². The van der Waals surface area contributed by atoms with Gasteiger partial charge in [0.15, 0.2) is 11.9 Å². The maximum Gasteiger partial charge on any atom is 0.181 e. The van der Waals surface area contributed by atoms with Crippen molar-refractivity contribution < 1.29 is 22.8 Å². The smallest absolute Gasteiger partial charge is 0.181 e. The molecule has 1 aliphatic carbocycles. The Labute approximate surface area is 183 Å². The van der Waals surface area contributed by atoms with E-state index in [0.717, 1.165) is 53.5 Å². The van der Waals surface area contributed by atoms with Crippen LogP contribution < -0.4 is 9.47 Å². The Kier molecular flexibility index (Phi) is 5.13. The molecule has 32 heavy (non-hydrogen) atoms. The average Bonchev–Trinajstić information content (AvgIpc) is 3.39. The van der Waals surface area contributed by atoms with Gasteiger partial charge < -0.3 is 18.6 Å². The number of hydrogen-bond acceptors (Lipinski definition) is 5. The zero-order valence-electron chi connectivity index (χ0n) is 17.6. The first-order chi connectivity index (χ1) is 15.5. The van der Waals surface area contributed by atoms with Crippen LogP contribution in [0.5, 0.6) is 11.5 Å². The molecule has 1 atom stereocenters. The first-order valence-electron chi connectivity index (χ1n) is 10.3. The van der Waals surface area contributed by atoms with Gasteiger partial charge in [-0.1, -0.05) is 11.2 Å². The van der Waals surface area contributed by atoms with Crippen LogP contribution in [0.1, 0.15) is 36.0 Å². The van der Waals surface area contributed by atoms with Crippen molar-refractivity contribution >= 4 is 0 Å². The normalized spacial score (nSPS) is 15.4. The second kappa shape index (κ2) is 8.11. The summed E-state index contributed by atoms with van der Waals surface area (Å²) in [5.74, 6) is 0.0174. The standard InChI is InChI=1S/C24H21F2N3O3/c1-14-12-29(13-27-14)20-7-6-15(8-22(20)30-2)23-19-4-3-5-21(24(19)32-28-23)31-18-10-16(25)9-17(26)11-18/h6-13,21H,3-5H2,1-2H3. The fraction of sp³-hybridized carbons (Fsp3) is 0.250. The summed E-state index contributed by atoms with van der Waals surface area (Å²) >= 11 is 0. The highest BCUT2D eigenvalue weighted by atomic mass is 19.1. The van der Waals surface area contributed by atoms with Crippen molar-refractivity contribution in [2.75, 3.05) is 7.11 Å². The van der Waals surface area contributed by atoms with Gasteiger partial charge in [-0.05, 0) is 38.3 Å². The number of benzene rings is 2. The predicted molar refractivity (Wildman–Crippen MR) is 113 cm³/mol. The average molecular weight is 437 g/mol. The minimum absolute atomic E-state index is 0.125. The number of aryl methyl sites for hydroxylation is 1. The first kappa shape index (κ1) is 20.2. The third kappa shape index (κ3) is 3.72. The quantitative estimate of drug-likeness (QED) is 0.408. The number of nitrogens with zero attached hydrogens (tertiary/aromatic N) is 3. The Hall–Kier alpha value is -3.68. The highest BCUT2D eigenvalue weighted by Gasteiger charge is 2.30. The predicted octanol–water partition coefficient (Wildman–Crippen LogP) is 5.58. The lowest BCUT2D eigenvalue weighted by Gasteiger charge is -2.22. The number of halogens is 2. The Morgan fingerprint density at radius 2 is 1.94 bits per heavy atom. The Morgan fingerprint density at radius 3 is 2.66 bits per heavy atom. The second-order valence-electron chi connectivity index (χ2n) is 7.79. The van der Waals surface area contributed by atoms with E-state index in [-0.39, 0.29) is 5.75 Å². The van der Waals surface area contributed by atoms with E-state index in [0.29, 0.717) is 23.6 Å².